The Morgan fingerprint density at radius 3 is 2.53 bits per heavy atom. The first-order chi connectivity index (χ1) is 14.5. The van der Waals surface area contributed by atoms with E-state index in [-0.39, 0.29) is 18.5 Å². The van der Waals surface area contributed by atoms with Gasteiger partial charge in [0.2, 0.25) is 5.91 Å². The predicted octanol–water partition coefficient (Wildman–Crippen LogP) is 0.876. The summed E-state index contributed by atoms with van der Waals surface area (Å²) in [7, 11) is 1.51. The number of pyridine rings is 1. The Balaban J connectivity index is 1.39. The van der Waals surface area contributed by atoms with Gasteiger partial charge in [0.1, 0.15) is 6.54 Å². The minimum Gasteiger partial charge on any atom is -0.352 e. The average Bonchev–Trinajstić information content (AvgIpc) is 2.77. The third kappa shape index (κ3) is 4.18. The number of benzene rings is 1. The van der Waals surface area contributed by atoms with Crippen LogP contribution in [0.1, 0.15) is 18.4 Å². The normalized spacial score (nSPS) is 15.4. The van der Waals surface area contributed by atoms with Crippen LogP contribution in [0, 0.1) is 0 Å². The Morgan fingerprint density at radius 2 is 1.80 bits per heavy atom. The molecule has 8 heteroatoms. The Bertz CT molecular complexity index is 1160. The van der Waals surface area contributed by atoms with E-state index in [1.165, 1.54) is 21.7 Å². The number of rotatable bonds is 5. The van der Waals surface area contributed by atoms with Gasteiger partial charge in [0, 0.05) is 38.9 Å². The van der Waals surface area contributed by atoms with Crippen molar-refractivity contribution < 1.29 is 4.79 Å². The van der Waals surface area contributed by atoms with Crippen LogP contribution in [0.5, 0.6) is 0 Å². The van der Waals surface area contributed by atoms with Crippen LogP contribution in [-0.4, -0.2) is 44.1 Å². The first kappa shape index (κ1) is 20.0. The molecule has 156 valence electrons. The molecular formula is C22H25N5O3. The van der Waals surface area contributed by atoms with E-state index in [1.807, 2.05) is 18.2 Å². The highest BCUT2D eigenvalue weighted by molar-refractivity contribution is 5.79. The molecule has 4 rings (SSSR count). The van der Waals surface area contributed by atoms with Crippen LogP contribution < -0.4 is 16.4 Å². The fourth-order valence-electron chi connectivity index (χ4n) is 3.97. The number of hydrogen-bond acceptors (Lipinski definition) is 5. The van der Waals surface area contributed by atoms with Gasteiger partial charge < -0.3 is 5.32 Å². The minimum absolute atomic E-state index is 0.0659. The molecule has 3 heterocycles. The van der Waals surface area contributed by atoms with Gasteiger partial charge in [-0.2, -0.15) is 0 Å². The van der Waals surface area contributed by atoms with Crippen molar-refractivity contribution in [1.29, 1.82) is 0 Å². The summed E-state index contributed by atoms with van der Waals surface area (Å²) in [4.78, 5) is 43.9. The number of aromatic nitrogens is 3. The van der Waals surface area contributed by atoms with Gasteiger partial charge in [-0.15, -0.1) is 0 Å². The second-order valence-corrected chi connectivity index (χ2v) is 7.71. The molecular weight excluding hydrogens is 382 g/mol. The molecule has 1 aliphatic rings. The topological polar surface area (TPSA) is 89.2 Å². The van der Waals surface area contributed by atoms with E-state index in [4.69, 9.17) is 0 Å². The number of fused-ring (bicyclic) bond motifs is 1. The number of aryl methyl sites for hydroxylation is 1. The number of hydrogen-bond donors (Lipinski definition) is 1. The zero-order chi connectivity index (χ0) is 21.1. The lowest BCUT2D eigenvalue weighted by molar-refractivity contribution is -0.122. The highest BCUT2D eigenvalue weighted by atomic mass is 16.2. The van der Waals surface area contributed by atoms with E-state index >= 15 is 0 Å². The summed E-state index contributed by atoms with van der Waals surface area (Å²) in [5, 5.41) is 3.02. The van der Waals surface area contributed by atoms with Crippen molar-refractivity contribution in [2.45, 2.75) is 32.0 Å². The third-order valence-electron chi connectivity index (χ3n) is 5.61. The van der Waals surface area contributed by atoms with Crippen molar-refractivity contribution in [3.05, 3.63) is 74.9 Å². The summed E-state index contributed by atoms with van der Waals surface area (Å²) in [6.07, 6.45) is 3.26. The fourth-order valence-corrected chi connectivity index (χ4v) is 3.97. The van der Waals surface area contributed by atoms with E-state index in [0.717, 1.165) is 32.5 Å². The number of nitrogens with one attached hydrogen (secondary N) is 1. The SMILES string of the molecule is Cn1c(=O)c(=O)n(CC(=O)NC2CCN(Cc3ccccc3)CC2)c2cccnc21. The van der Waals surface area contributed by atoms with Gasteiger partial charge in [-0.05, 0) is 30.5 Å². The lowest BCUT2D eigenvalue weighted by atomic mass is 10.0. The van der Waals surface area contributed by atoms with E-state index in [9.17, 15) is 14.4 Å². The lowest BCUT2D eigenvalue weighted by Crippen LogP contribution is -2.47. The number of carbonyl (C=O) groups excluding carboxylic acids is 1. The number of carbonyl (C=O) groups is 1. The van der Waals surface area contributed by atoms with Crippen LogP contribution >= 0.6 is 0 Å². The van der Waals surface area contributed by atoms with Crippen molar-refractivity contribution in [2.75, 3.05) is 13.1 Å². The largest absolute Gasteiger partial charge is 0.352 e. The van der Waals surface area contributed by atoms with Crippen LogP contribution in [0.2, 0.25) is 0 Å². The fraction of sp³-hybridized carbons (Fsp3) is 0.364. The molecule has 1 saturated heterocycles. The van der Waals surface area contributed by atoms with Crippen LogP contribution in [0.15, 0.2) is 58.3 Å². The van der Waals surface area contributed by atoms with E-state index < -0.39 is 11.1 Å². The molecule has 3 aromatic rings. The van der Waals surface area contributed by atoms with Gasteiger partial charge in [-0.1, -0.05) is 30.3 Å². The zero-order valence-electron chi connectivity index (χ0n) is 17.0. The van der Waals surface area contributed by atoms with Crippen LogP contribution in [-0.2, 0) is 24.9 Å². The van der Waals surface area contributed by atoms with Gasteiger partial charge in [0.25, 0.3) is 0 Å². The summed E-state index contributed by atoms with van der Waals surface area (Å²) in [6.45, 7) is 2.52. The smallest absolute Gasteiger partial charge is 0.317 e. The van der Waals surface area contributed by atoms with Gasteiger partial charge in [-0.25, -0.2) is 4.98 Å². The molecule has 1 aromatic carbocycles. The van der Waals surface area contributed by atoms with Crippen LogP contribution in [0.3, 0.4) is 0 Å². The van der Waals surface area contributed by atoms with Gasteiger partial charge in [0.15, 0.2) is 5.65 Å². The summed E-state index contributed by atoms with van der Waals surface area (Å²) in [5.74, 6) is -0.267. The molecule has 1 aliphatic heterocycles. The third-order valence-corrected chi connectivity index (χ3v) is 5.61. The Kier molecular flexibility index (Phi) is 5.76. The second kappa shape index (κ2) is 8.62. The highest BCUT2D eigenvalue weighted by Gasteiger charge is 2.22. The molecule has 0 bridgehead atoms. The predicted molar refractivity (Wildman–Crippen MR) is 114 cm³/mol. The number of nitrogens with zero attached hydrogens (tertiary/aromatic N) is 4. The maximum Gasteiger partial charge on any atom is 0.317 e. The van der Waals surface area contributed by atoms with E-state index in [1.54, 1.807) is 18.3 Å². The number of likely N-dealkylation sites (tertiary alicyclic amines) is 1. The molecule has 0 unspecified atom stereocenters. The Labute approximate surface area is 173 Å². The van der Waals surface area contributed by atoms with Gasteiger partial charge in [-0.3, -0.25) is 28.4 Å². The molecule has 0 aliphatic carbocycles. The molecule has 1 N–H and O–H groups in total. The highest BCUT2D eigenvalue weighted by Crippen LogP contribution is 2.14. The van der Waals surface area contributed by atoms with E-state index in [0.29, 0.717) is 11.2 Å². The zero-order valence-corrected chi connectivity index (χ0v) is 17.0. The minimum atomic E-state index is -0.717. The monoisotopic (exact) mass is 407 g/mol. The van der Waals surface area contributed by atoms with Crippen molar-refractivity contribution >= 4 is 17.1 Å². The maximum atomic E-state index is 12.6. The van der Waals surface area contributed by atoms with Gasteiger partial charge in [0.05, 0.1) is 5.52 Å². The molecule has 8 nitrogen and oxygen atoms in total. The molecule has 1 amide bonds. The van der Waals surface area contributed by atoms with Crippen molar-refractivity contribution in [1.82, 2.24) is 24.3 Å². The average molecular weight is 407 g/mol. The molecule has 0 saturated carbocycles. The second-order valence-electron chi connectivity index (χ2n) is 7.71. The maximum absolute atomic E-state index is 12.6. The standard InChI is InChI=1S/C22H25N5O3/c1-25-20-18(8-5-11-23-20)27(22(30)21(25)29)15-19(28)24-17-9-12-26(13-10-17)14-16-6-3-2-4-7-16/h2-8,11,17H,9-10,12-15H2,1H3,(H,24,28). The molecule has 0 atom stereocenters. The molecule has 0 radical (unpaired) electrons. The summed E-state index contributed by atoms with van der Waals surface area (Å²) in [6, 6.07) is 13.8. The molecule has 1 fully saturated rings. The molecule has 2 aromatic heterocycles. The lowest BCUT2D eigenvalue weighted by Gasteiger charge is -2.32. The summed E-state index contributed by atoms with van der Waals surface area (Å²) in [5.41, 5.74) is 0.723. The summed E-state index contributed by atoms with van der Waals surface area (Å²) < 4.78 is 2.43. The molecule has 30 heavy (non-hydrogen) atoms. The quantitative estimate of drug-likeness (QED) is 0.634. The molecule has 0 spiro atoms. The Morgan fingerprint density at radius 1 is 1.07 bits per heavy atom. The van der Waals surface area contributed by atoms with Gasteiger partial charge >= 0.3 is 11.1 Å². The van der Waals surface area contributed by atoms with Crippen molar-refractivity contribution in [2.24, 2.45) is 7.05 Å². The van der Waals surface area contributed by atoms with Crippen molar-refractivity contribution in [3.63, 3.8) is 0 Å². The van der Waals surface area contributed by atoms with Crippen LogP contribution in [0.4, 0.5) is 0 Å². The first-order valence-corrected chi connectivity index (χ1v) is 10.1. The van der Waals surface area contributed by atoms with E-state index in [2.05, 4.69) is 27.3 Å². The number of piperidine rings is 1. The van der Waals surface area contributed by atoms with Crippen LogP contribution in [0.25, 0.3) is 11.2 Å². The van der Waals surface area contributed by atoms with Crippen molar-refractivity contribution in [3.8, 4) is 0 Å². The Hall–Kier alpha value is -3.26. The number of amides is 1. The summed E-state index contributed by atoms with van der Waals surface area (Å²) >= 11 is 0. The first-order valence-electron chi connectivity index (χ1n) is 10.1.